The summed E-state index contributed by atoms with van der Waals surface area (Å²) in [6.45, 7) is 0.436. The van der Waals surface area contributed by atoms with E-state index in [1.54, 1.807) is 30.1 Å². The third-order valence-electron chi connectivity index (χ3n) is 3.21. The molecule has 7 nitrogen and oxygen atoms in total. The van der Waals surface area contributed by atoms with E-state index in [1.807, 2.05) is 6.07 Å². The van der Waals surface area contributed by atoms with Crippen molar-refractivity contribution >= 4 is 38.9 Å². The number of aromatic nitrogens is 4. The van der Waals surface area contributed by atoms with Crippen molar-refractivity contribution in [3.63, 3.8) is 0 Å². The number of sulfonamides is 1. The zero-order chi connectivity index (χ0) is 17.3. The molecule has 0 aliphatic carbocycles. The monoisotopic (exact) mass is 385 g/mol. The van der Waals surface area contributed by atoms with Gasteiger partial charge in [-0.25, -0.2) is 8.42 Å². The molecule has 1 N–H and O–H groups in total. The molecule has 0 aliphatic heterocycles. The Morgan fingerprint density at radius 2 is 1.92 bits per heavy atom. The molecule has 126 valence electrons. The van der Waals surface area contributed by atoms with Gasteiger partial charge in [0.2, 0.25) is 0 Å². The van der Waals surface area contributed by atoms with Crippen LogP contribution in [-0.2, 0) is 23.6 Å². The Kier molecular flexibility index (Phi) is 4.53. The molecule has 0 amide bonds. The van der Waals surface area contributed by atoms with Crippen LogP contribution in [0.4, 0.5) is 5.69 Å². The second-order valence-electron chi connectivity index (χ2n) is 5.13. The highest BCUT2D eigenvalue weighted by atomic mass is 35.5. The van der Waals surface area contributed by atoms with Gasteiger partial charge in [-0.1, -0.05) is 29.3 Å². The molecule has 1 aromatic carbocycles. The first-order valence-corrected chi connectivity index (χ1v) is 9.05. The summed E-state index contributed by atoms with van der Waals surface area (Å²) in [6, 6.07) is 5.27. The normalized spacial score (nSPS) is 11.6. The number of nitrogens with zero attached hydrogens (tertiary/aromatic N) is 4. The minimum atomic E-state index is -3.69. The lowest BCUT2D eigenvalue weighted by Gasteiger charge is -2.04. The quantitative estimate of drug-likeness (QED) is 0.731. The van der Waals surface area contributed by atoms with Crippen molar-refractivity contribution in [2.24, 2.45) is 7.05 Å². The number of benzene rings is 1. The highest BCUT2D eigenvalue weighted by Crippen LogP contribution is 2.23. The van der Waals surface area contributed by atoms with Crippen LogP contribution in [0.2, 0.25) is 10.0 Å². The van der Waals surface area contributed by atoms with Crippen molar-refractivity contribution in [1.29, 1.82) is 0 Å². The Morgan fingerprint density at radius 3 is 2.58 bits per heavy atom. The molecule has 0 atom stereocenters. The van der Waals surface area contributed by atoms with E-state index in [-0.39, 0.29) is 4.90 Å². The maximum atomic E-state index is 12.2. The first-order chi connectivity index (χ1) is 11.3. The molecule has 2 heterocycles. The van der Waals surface area contributed by atoms with Crippen LogP contribution in [0.15, 0.2) is 47.9 Å². The van der Waals surface area contributed by atoms with E-state index in [4.69, 9.17) is 23.2 Å². The molecule has 0 aliphatic rings. The van der Waals surface area contributed by atoms with E-state index in [0.29, 0.717) is 22.3 Å². The highest BCUT2D eigenvalue weighted by molar-refractivity contribution is 7.92. The van der Waals surface area contributed by atoms with Gasteiger partial charge in [-0.05, 0) is 17.7 Å². The first kappa shape index (κ1) is 16.8. The fourth-order valence-electron chi connectivity index (χ4n) is 2.08. The third kappa shape index (κ3) is 3.72. The van der Waals surface area contributed by atoms with Crippen molar-refractivity contribution in [2.45, 2.75) is 11.4 Å². The molecular weight excluding hydrogens is 373 g/mol. The fraction of sp³-hybridized carbons (Fsp3) is 0.143. The maximum absolute atomic E-state index is 12.2. The summed E-state index contributed by atoms with van der Waals surface area (Å²) < 4.78 is 29.9. The predicted molar refractivity (Wildman–Crippen MR) is 91.8 cm³/mol. The number of rotatable bonds is 5. The maximum Gasteiger partial charge on any atom is 0.265 e. The number of halogens is 2. The zero-order valence-corrected chi connectivity index (χ0v) is 14.8. The van der Waals surface area contributed by atoms with Crippen LogP contribution in [-0.4, -0.2) is 28.0 Å². The molecule has 2 aromatic heterocycles. The molecule has 10 heteroatoms. The summed E-state index contributed by atoms with van der Waals surface area (Å²) in [5.41, 5.74) is 1.26. The van der Waals surface area contributed by atoms with Gasteiger partial charge < -0.3 is 0 Å². The number of hydrogen-bond acceptors (Lipinski definition) is 4. The van der Waals surface area contributed by atoms with Gasteiger partial charge in [-0.15, -0.1) is 0 Å². The molecule has 3 aromatic rings. The molecule has 0 fully saturated rings. The van der Waals surface area contributed by atoms with Crippen molar-refractivity contribution in [3.05, 3.63) is 58.6 Å². The smallest absolute Gasteiger partial charge is 0.265 e. The largest absolute Gasteiger partial charge is 0.276 e. The fourth-order valence-corrected chi connectivity index (χ4v) is 3.41. The molecule has 0 spiro atoms. The Labute approximate surface area is 148 Å². The van der Waals surface area contributed by atoms with E-state index in [2.05, 4.69) is 14.9 Å². The molecule has 0 bridgehead atoms. The van der Waals surface area contributed by atoms with E-state index >= 15 is 0 Å². The van der Waals surface area contributed by atoms with Crippen molar-refractivity contribution in [1.82, 2.24) is 19.6 Å². The van der Waals surface area contributed by atoms with Crippen molar-refractivity contribution < 1.29 is 8.42 Å². The molecule has 0 unspecified atom stereocenters. The van der Waals surface area contributed by atoms with Crippen LogP contribution < -0.4 is 4.72 Å². The summed E-state index contributed by atoms with van der Waals surface area (Å²) in [6.07, 6.45) is 5.73. The molecular formula is C14H13Cl2N5O2S. The average Bonchev–Trinajstić information content (AvgIpc) is 3.12. The van der Waals surface area contributed by atoms with Gasteiger partial charge in [0.15, 0.2) is 0 Å². The van der Waals surface area contributed by atoms with Gasteiger partial charge in [0.1, 0.15) is 4.90 Å². The second kappa shape index (κ2) is 6.46. The minimum absolute atomic E-state index is 0.0854. The van der Waals surface area contributed by atoms with Gasteiger partial charge in [-0.2, -0.15) is 10.2 Å². The second-order valence-corrected chi connectivity index (χ2v) is 7.63. The van der Waals surface area contributed by atoms with Crippen molar-refractivity contribution in [3.8, 4) is 0 Å². The Morgan fingerprint density at radius 1 is 1.12 bits per heavy atom. The lowest BCUT2D eigenvalue weighted by molar-refractivity contribution is 0.601. The number of nitrogens with one attached hydrogen (secondary N) is 1. The van der Waals surface area contributed by atoms with Crippen LogP contribution in [0.5, 0.6) is 0 Å². The standard InChI is InChI=1S/C14H13Cl2N5O2S/c1-20-9-12(6-17-20)24(22,23)19-11-5-18-21(8-11)7-10-2-3-13(15)14(16)4-10/h2-6,8-9,19H,7H2,1H3. The van der Waals surface area contributed by atoms with Gasteiger partial charge in [0.05, 0.1) is 34.7 Å². The molecule has 0 radical (unpaired) electrons. The topological polar surface area (TPSA) is 81.8 Å². The van der Waals surface area contributed by atoms with Gasteiger partial charge >= 0.3 is 0 Å². The van der Waals surface area contributed by atoms with Gasteiger partial charge in [0.25, 0.3) is 10.0 Å². The Balaban J connectivity index is 1.74. The van der Waals surface area contributed by atoms with Crippen LogP contribution in [0.3, 0.4) is 0 Å². The lowest BCUT2D eigenvalue weighted by atomic mass is 10.2. The van der Waals surface area contributed by atoms with E-state index in [9.17, 15) is 8.42 Å². The average molecular weight is 386 g/mol. The minimum Gasteiger partial charge on any atom is -0.276 e. The van der Waals surface area contributed by atoms with E-state index < -0.39 is 10.0 Å². The molecule has 3 rings (SSSR count). The predicted octanol–water partition coefficient (Wildman–Crippen LogP) is 2.77. The Bertz CT molecular complexity index is 981. The van der Waals surface area contributed by atoms with Crippen molar-refractivity contribution in [2.75, 3.05) is 4.72 Å². The number of aryl methyl sites for hydroxylation is 1. The zero-order valence-electron chi connectivity index (χ0n) is 12.5. The summed E-state index contributed by atoms with van der Waals surface area (Å²) in [5, 5.41) is 8.93. The number of hydrogen-bond donors (Lipinski definition) is 1. The van der Waals surface area contributed by atoms with Crippen LogP contribution in [0.25, 0.3) is 0 Å². The summed E-state index contributed by atoms with van der Waals surface area (Å²) >= 11 is 11.9. The highest BCUT2D eigenvalue weighted by Gasteiger charge is 2.17. The summed E-state index contributed by atoms with van der Waals surface area (Å²) in [7, 11) is -2.04. The molecule has 0 saturated carbocycles. The lowest BCUT2D eigenvalue weighted by Crippen LogP contribution is -2.11. The Hall–Kier alpha value is -2.03. The molecule has 24 heavy (non-hydrogen) atoms. The van der Waals surface area contributed by atoms with E-state index in [1.165, 1.54) is 23.3 Å². The van der Waals surface area contributed by atoms with Crippen LogP contribution in [0.1, 0.15) is 5.56 Å². The van der Waals surface area contributed by atoms with E-state index in [0.717, 1.165) is 5.56 Å². The third-order valence-corrected chi connectivity index (χ3v) is 5.28. The molecule has 0 saturated heterocycles. The van der Waals surface area contributed by atoms with Gasteiger partial charge in [0, 0.05) is 19.4 Å². The first-order valence-electron chi connectivity index (χ1n) is 6.81. The van der Waals surface area contributed by atoms with Crippen LogP contribution >= 0.6 is 23.2 Å². The summed E-state index contributed by atoms with van der Waals surface area (Å²) in [5.74, 6) is 0. The van der Waals surface area contributed by atoms with Gasteiger partial charge in [-0.3, -0.25) is 14.1 Å². The number of anilines is 1. The SMILES string of the molecule is Cn1cc(S(=O)(=O)Nc2cnn(Cc3ccc(Cl)c(Cl)c3)c2)cn1. The summed E-state index contributed by atoms with van der Waals surface area (Å²) in [4.78, 5) is 0.0854. The van der Waals surface area contributed by atoms with Crippen LogP contribution in [0, 0.1) is 0 Å².